The Hall–Kier alpha value is -2.71. The zero-order valence-corrected chi connectivity index (χ0v) is 16.3. The van der Waals surface area contributed by atoms with Crippen LogP contribution < -0.4 is 10.3 Å². The monoisotopic (exact) mass is 399 g/mol. The van der Waals surface area contributed by atoms with Crippen LogP contribution in [-0.4, -0.2) is 42.5 Å². The molecular formula is C20H21N3O4S. The zero-order chi connectivity index (χ0) is 19.7. The van der Waals surface area contributed by atoms with Gasteiger partial charge in [-0.05, 0) is 37.1 Å². The third-order valence-corrected chi connectivity index (χ3v) is 6.98. The molecule has 1 aliphatic rings. The Morgan fingerprint density at radius 2 is 1.96 bits per heavy atom. The molecule has 4 rings (SSSR count). The highest BCUT2D eigenvalue weighted by Crippen LogP contribution is 2.27. The van der Waals surface area contributed by atoms with Gasteiger partial charge in [0.05, 0.1) is 35.3 Å². The lowest BCUT2D eigenvalue weighted by molar-refractivity contribution is 0.262. The maximum atomic E-state index is 13.1. The number of aromatic nitrogens is 2. The first-order valence-corrected chi connectivity index (χ1v) is 10.5. The summed E-state index contributed by atoms with van der Waals surface area (Å²) in [5.41, 5.74) is 0.497. The molecule has 0 bridgehead atoms. The van der Waals surface area contributed by atoms with E-state index in [0.717, 1.165) is 6.42 Å². The summed E-state index contributed by atoms with van der Waals surface area (Å²) in [5, 5.41) is 0.540. The molecule has 1 unspecified atom stereocenters. The Balaban J connectivity index is 1.66. The number of hydrogen-bond acceptors (Lipinski definition) is 5. The van der Waals surface area contributed by atoms with Crippen molar-refractivity contribution < 1.29 is 13.2 Å². The lowest BCUT2D eigenvalue weighted by Crippen LogP contribution is -2.42. The molecule has 28 heavy (non-hydrogen) atoms. The Morgan fingerprint density at radius 3 is 2.79 bits per heavy atom. The summed E-state index contributed by atoms with van der Waals surface area (Å²) in [4.78, 5) is 17.4. The van der Waals surface area contributed by atoms with Gasteiger partial charge in [0.1, 0.15) is 5.75 Å². The Bertz CT molecular complexity index is 1170. The molecule has 1 fully saturated rings. The predicted octanol–water partition coefficient (Wildman–Crippen LogP) is 2.43. The van der Waals surface area contributed by atoms with Crippen molar-refractivity contribution in [1.82, 2.24) is 13.9 Å². The van der Waals surface area contributed by atoms with Gasteiger partial charge >= 0.3 is 0 Å². The van der Waals surface area contributed by atoms with Crippen molar-refractivity contribution in [1.29, 1.82) is 0 Å². The Kier molecular flexibility index (Phi) is 4.91. The quantitative estimate of drug-likeness (QED) is 0.673. The second-order valence-electron chi connectivity index (χ2n) is 6.81. The molecule has 0 radical (unpaired) electrons. The van der Waals surface area contributed by atoms with E-state index in [1.807, 2.05) is 6.07 Å². The molecule has 1 aliphatic heterocycles. The maximum absolute atomic E-state index is 13.1. The molecule has 2 aromatic carbocycles. The molecule has 0 saturated carbocycles. The van der Waals surface area contributed by atoms with Crippen LogP contribution in [0.4, 0.5) is 0 Å². The predicted molar refractivity (Wildman–Crippen MR) is 106 cm³/mol. The minimum atomic E-state index is -3.67. The second kappa shape index (κ2) is 7.37. The topological polar surface area (TPSA) is 81.5 Å². The number of hydrogen-bond donors (Lipinski definition) is 0. The van der Waals surface area contributed by atoms with Gasteiger partial charge in [0, 0.05) is 19.2 Å². The van der Waals surface area contributed by atoms with Crippen molar-refractivity contribution in [2.24, 2.45) is 0 Å². The highest BCUT2D eigenvalue weighted by atomic mass is 32.2. The van der Waals surface area contributed by atoms with Crippen LogP contribution in [0.15, 0.2) is 64.5 Å². The second-order valence-corrected chi connectivity index (χ2v) is 8.75. The first-order chi connectivity index (χ1) is 13.5. The average molecular weight is 399 g/mol. The Labute approximate surface area is 163 Å². The summed E-state index contributed by atoms with van der Waals surface area (Å²) in [6.45, 7) is 0.658. The lowest BCUT2D eigenvalue weighted by atomic mass is 10.1. The van der Waals surface area contributed by atoms with Gasteiger partial charge in [-0.25, -0.2) is 13.4 Å². The van der Waals surface area contributed by atoms with Gasteiger partial charge in [-0.3, -0.25) is 9.36 Å². The fourth-order valence-electron chi connectivity index (χ4n) is 3.62. The number of methoxy groups -OCH3 is 1. The molecule has 2 heterocycles. The van der Waals surface area contributed by atoms with E-state index in [-0.39, 0.29) is 23.0 Å². The average Bonchev–Trinajstić information content (AvgIpc) is 2.74. The minimum Gasteiger partial charge on any atom is -0.497 e. The number of sulfonamides is 1. The van der Waals surface area contributed by atoms with Gasteiger partial charge in [-0.15, -0.1) is 0 Å². The van der Waals surface area contributed by atoms with E-state index in [9.17, 15) is 13.2 Å². The first kappa shape index (κ1) is 18.6. The van der Waals surface area contributed by atoms with Crippen LogP contribution in [0.3, 0.4) is 0 Å². The summed E-state index contributed by atoms with van der Waals surface area (Å²) >= 11 is 0. The third kappa shape index (κ3) is 3.29. The normalized spacial score (nSPS) is 18.2. The molecule has 146 valence electrons. The van der Waals surface area contributed by atoms with Gasteiger partial charge in [0.25, 0.3) is 5.56 Å². The van der Waals surface area contributed by atoms with E-state index < -0.39 is 10.0 Å². The molecule has 1 atom stereocenters. The SMILES string of the molecule is COc1cccc(S(=O)(=O)N2CCCC(n3cnc4ccccc4c3=O)C2)c1. The summed E-state index contributed by atoms with van der Waals surface area (Å²) in [5.74, 6) is 0.490. The fraction of sp³-hybridized carbons (Fsp3) is 0.300. The number of ether oxygens (including phenoxy) is 1. The van der Waals surface area contributed by atoms with Crippen molar-refractivity contribution in [3.8, 4) is 5.75 Å². The van der Waals surface area contributed by atoms with Crippen molar-refractivity contribution in [2.45, 2.75) is 23.8 Å². The van der Waals surface area contributed by atoms with Crippen molar-refractivity contribution in [3.63, 3.8) is 0 Å². The molecule has 0 N–H and O–H groups in total. The number of benzene rings is 2. The van der Waals surface area contributed by atoms with Gasteiger partial charge in [0.15, 0.2) is 0 Å². The van der Waals surface area contributed by atoms with Gasteiger partial charge in [-0.2, -0.15) is 4.31 Å². The number of para-hydroxylation sites is 1. The number of rotatable bonds is 4. The van der Waals surface area contributed by atoms with Crippen LogP contribution in [0.1, 0.15) is 18.9 Å². The lowest BCUT2D eigenvalue weighted by Gasteiger charge is -2.32. The van der Waals surface area contributed by atoms with Crippen LogP contribution >= 0.6 is 0 Å². The van der Waals surface area contributed by atoms with Crippen LogP contribution in [0.5, 0.6) is 5.75 Å². The summed E-state index contributed by atoms with van der Waals surface area (Å²) in [6, 6.07) is 13.4. The standard InChI is InChI=1S/C20H21N3O4S/c1-27-16-7-4-8-17(12-16)28(25,26)22-11-5-6-15(13-22)23-14-21-19-10-3-2-9-18(19)20(23)24/h2-4,7-10,12,14-15H,5-6,11,13H2,1H3. The van der Waals surface area contributed by atoms with E-state index in [1.54, 1.807) is 41.0 Å². The number of fused-ring (bicyclic) bond motifs is 1. The molecule has 7 nitrogen and oxygen atoms in total. The van der Waals surface area contributed by atoms with Gasteiger partial charge in [-0.1, -0.05) is 18.2 Å². The first-order valence-electron chi connectivity index (χ1n) is 9.11. The minimum absolute atomic E-state index is 0.142. The molecule has 1 aromatic heterocycles. The smallest absolute Gasteiger partial charge is 0.261 e. The number of nitrogens with zero attached hydrogens (tertiary/aromatic N) is 3. The van der Waals surface area contributed by atoms with Crippen molar-refractivity contribution >= 4 is 20.9 Å². The maximum Gasteiger partial charge on any atom is 0.261 e. The van der Waals surface area contributed by atoms with Crippen LogP contribution in [-0.2, 0) is 10.0 Å². The molecule has 8 heteroatoms. The highest BCUT2D eigenvalue weighted by Gasteiger charge is 2.31. The van der Waals surface area contributed by atoms with Crippen molar-refractivity contribution in [2.75, 3.05) is 20.2 Å². The zero-order valence-electron chi connectivity index (χ0n) is 15.5. The third-order valence-electron chi connectivity index (χ3n) is 5.12. The molecule has 0 aliphatic carbocycles. The molecular weight excluding hydrogens is 378 g/mol. The molecule has 3 aromatic rings. The van der Waals surface area contributed by atoms with Gasteiger partial charge < -0.3 is 4.74 Å². The van der Waals surface area contributed by atoms with Crippen LogP contribution in [0, 0.1) is 0 Å². The van der Waals surface area contributed by atoms with E-state index in [4.69, 9.17) is 4.74 Å². The molecule has 0 spiro atoms. The van der Waals surface area contributed by atoms with Crippen molar-refractivity contribution in [3.05, 3.63) is 65.2 Å². The largest absolute Gasteiger partial charge is 0.497 e. The molecule has 1 saturated heterocycles. The number of piperidine rings is 1. The highest BCUT2D eigenvalue weighted by molar-refractivity contribution is 7.89. The summed E-state index contributed by atoms with van der Waals surface area (Å²) < 4.78 is 34.3. The van der Waals surface area contributed by atoms with E-state index in [1.165, 1.54) is 23.8 Å². The van der Waals surface area contributed by atoms with Crippen LogP contribution in [0.2, 0.25) is 0 Å². The van der Waals surface area contributed by atoms with E-state index in [2.05, 4.69) is 4.98 Å². The summed E-state index contributed by atoms with van der Waals surface area (Å²) in [6.07, 6.45) is 2.92. The van der Waals surface area contributed by atoms with E-state index in [0.29, 0.717) is 29.6 Å². The molecule has 0 amide bonds. The van der Waals surface area contributed by atoms with Crippen LogP contribution in [0.25, 0.3) is 10.9 Å². The summed E-state index contributed by atoms with van der Waals surface area (Å²) in [7, 11) is -2.17. The van der Waals surface area contributed by atoms with E-state index >= 15 is 0 Å². The Morgan fingerprint density at radius 1 is 1.14 bits per heavy atom. The fourth-order valence-corrected chi connectivity index (χ4v) is 5.17. The van der Waals surface area contributed by atoms with Gasteiger partial charge in [0.2, 0.25) is 10.0 Å².